The average molecular weight is 270 g/mol. The third kappa shape index (κ3) is 4.19. The van der Waals surface area contributed by atoms with E-state index in [1.165, 1.54) is 7.05 Å². The van der Waals surface area contributed by atoms with Crippen molar-refractivity contribution in [3.05, 3.63) is 29.8 Å². The molecule has 0 aliphatic carbocycles. The van der Waals surface area contributed by atoms with Crippen LogP contribution in [-0.4, -0.2) is 44.9 Å². The van der Waals surface area contributed by atoms with Crippen LogP contribution in [-0.2, 0) is 4.79 Å². The lowest BCUT2D eigenvalue weighted by Crippen LogP contribution is -2.34. The first-order valence-corrected chi connectivity index (χ1v) is 6.13. The van der Waals surface area contributed by atoms with E-state index < -0.39 is 18.9 Å². The summed E-state index contributed by atoms with van der Waals surface area (Å²) in [5.74, 6) is -0.710. The first-order valence-electron chi connectivity index (χ1n) is 6.13. The molecule has 0 heterocycles. The molecule has 0 aliphatic rings. The fourth-order valence-electron chi connectivity index (χ4n) is 1.83. The number of carbonyl (C=O) groups excluding carboxylic acids is 1. The maximum atomic E-state index is 12.3. The molecule has 1 amide bonds. The summed E-state index contributed by atoms with van der Waals surface area (Å²) >= 11 is 0. The molecule has 0 bridgehead atoms. The summed E-state index contributed by atoms with van der Waals surface area (Å²) in [6, 6.07) is 7.53. The summed E-state index contributed by atoms with van der Waals surface area (Å²) in [7, 11) is 5.26. The van der Waals surface area contributed by atoms with Gasteiger partial charge in [-0.1, -0.05) is 12.1 Å². The van der Waals surface area contributed by atoms with Crippen molar-refractivity contribution in [1.29, 1.82) is 0 Å². The van der Waals surface area contributed by atoms with Gasteiger partial charge in [-0.25, -0.2) is 8.78 Å². The normalized spacial score (nSPS) is 12.4. The van der Waals surface area contributed by atoms with E-state index in [9.17, 15) is 13.6 Å². The predicted molar refractivity (Wildman–Crippen MR) is 72.8 cm³/mol. The lowest BCUT2D eigenvalue weighted by Gasteiger charge is -2.21. The maximum absolute atomic E-state index is 12.3. The molecule has 0 N–H and O–H groups in total. The zero-order valence-electron chi connectivity index (χ0n) is 11.7. The summed E-state index contributed by atoms with van der Waals surface area (Å²) in [5.41, 5.74) is 1.86. The standard InChI is InChI=1S/C14H20F2N2O/c1-10(14(19)18(4)9-13(15)16)11-5-7-12(8-6-11)17(2)3/h5-8,10,13H,9H2,1-4H3. The summed E-state index contributed by atoms with van der Waals surface area (Å²) in [4.78, 5) is 15.0. The van der Waals surface area contributed by atoms with E-state index in [2.05, 4.69) is 0 Å². The van der Waals surface area contributed by atoms with Gasteiger partial charge in [-0.05, 0) is 24.6 Å². The van der Waals surface area contributed by atoms with Gasteiger partial charge in [0.15, 0.2) is 0 Å². The van der Waals surface area contributed by atoms with Gasteiger partial charge in [0.05, 0.1) is 12.5 Å². The Kier molecular flexibility index (Phi) is 5.27. The molecule has 3 nitrogen and oxygen atoms in total. The van der Waals surface area contributed by atoms with Crippen LogP contribution in [0.15, 0.2) is 24.3 Å². The number of carbonyl (C=O) groups is 1. The van der Waals surface area contributed by atoms with Gasteiger partial charge in [-0.3, -0.25) is 4.79 Å². The van der Waals surface area contributed by atoms with Gasteiger partial charge in [-0.15, -0.1) is 0 Å². The molecule has 1 unspecified atom stereocenters. The number of likely N-dealkylation sites (N-methyl/N-ethyl adjacent to an activating group) is 1. The second-order valence-corrected chi connectivity index (χ2v) is 4.82. The number of halogens is 2. The molecule has 0 aliphatic heterocycles. The van der Waals surface area contributed by atoms with Crippen LogP contribution in [0.4, 0.5) is 14.5 Å². The Morgan fingerprint density at radius 3 is 2.11 bits per heavy atom. The van der Waals surface area contributed by atoms with Crippen molar-refractivity contribution in [2.75, 3.05) is 32.6 Å². The SMILES string of the molecule is CC(C(=O)N(C)CC(F)F)c1ccc(N(C)C)cc1. The number of amides is 1. The predicted octanol–water partition coefficient (Wildman–Crippen LogP) is 2.58. The topological polar surface area (TPSA) is 23.6 Å². The fraction of sp³-hybridized carbons (Fsp3) is 0.500. The molecule has 1 rings (SSSR count). The van der Waals surface area contributed by atoms with Gasteiger partial charge >= 0.3 is 0 Å². The van der Waals surface area contributed by atoms with Crippen LogP contribution in [0.25, 0.3) is 0 Å². The highest BCUT2D eigenvalue weighted by Crippen LogP contribution is 2.21. The fourth-order valence-corrected chi connectivity index (χ4v) is 1.83. The third-order valence-electron chi connectivity index (χ3n) is 3.07. The van der Waals surface area contributed by atoms with Crippen LogP contribution < -0.4 is 4.90 Å². The zero-order valence-corrected chi connectivity index (χ0v) is 11.7. The van der Waals surface area contributed by atoms with Crippen LogP contribution in [0.2, 0.25) is 0 Å². The maximum Gasteiger partial charge on any atom is 0.255 e. The number of anilines is 1. The van der Waals surface area contributed by atoms with E-state index in [0.29, 0.717) is 0 Å². The molecule has 0 saturated carbocycles. The molecule has 0 spiro atoms. The largest absolute Gasteiger partial charge is 0.378 e. The number of alkyl halides is 2. The van der Waals surface area contributed by atoms with Gasteiger partial charge in [0, 0.05) is 26.8 Å². The summed E-state index contributed by atoms with van der Waals surface area (Å²) in [5, 5.41) is 0. The Hall–Kier alpha value is -1.65. The van der Waals surface area contributed by atoms with Crippen molar-refractivity contribution in [2.24, 2.45) is 0 Å². The Balaban J connectivity index is 2.76. The van der Waals surface area contributed by atoms with Crippen LogP contribution in [0, 0.1) is 0 Å². The molecule has 106 valence electrons. The minimum atomic E-state index is -2.50. The highest BCUT2D eigenvalue weighted by molar-refractivity contribution is 5.83. The van der Waals surface area contributed by atoms with Crippen LogP contribution >= 0.6 is 0 Å². The van der Waals surface area contributed by atoms with Crippen LogP contribution in [0.3, 0.4) is 0 Å². The van der Waals surface area contributed by atoms with Crippen LogP contribution in [0.5, 0.6) is 0 Å². The molecule has 1 atom stereocenters. The minimum Gasteiger partial charge on any atom is -0.378 e. The number of hydrogen-bond acceptors (Lipinski definition) is 2. The van der Waals surface area contributed by atoms with Gasteiger partial charge in [0.25, 0.3) is 6.43 Å². The molecule has 5 heteroatoms. The van der Waals surface area contributed by atoms with Gasteiger partial charge in [-0.2, -0.15) is 0 Å². The summed E-state index contributed by atoms with van der Waals surface area (Å²) in [6.45, 7) is 1.20. The van der Waals surface area contributed by atoms with E-state index >= 15 is 0 Å². The van der Waals surface area contributed by atoms with E-state index in [1.54, 1.807) is 6.92 Å². The van der Waals surface area contributed by atoms with Crippen molar-refractivity contribution in [2.45, 2.75) is 19.3 Å². The molecule has 0 radical (unpaired) electrons. The molecular weight excluding hydrogens is 250 g/mol. The number of benzene rings is 1. The van der Waals surface area contributed by atoms with Gasteiger partial charge < -0.3 is 9.80 Å². The third-order valence-corrected chi connectivity index (χ3v) is 3.07. The highest BCUT2D eigenvalue weighted by Gasteiger charge is 2.21. The van der Waals surface area contributed by atoms with Gasteiger partial charge in [0.2, 0.25) is 5.91 Å². The van der Waals surface area contributed by atoms with Crippen LogP contribution in [0.1, 0.15) is 18.4 Å². The van der Waals surface area contributed by atoms with E-state index in [4.69, 9.17) is 0 Å². The van der Waals surface area contributed by atoms with E-state index in [-0.39, 0.29) is 5.91 Å². The van der Waals surface area contributed by atoms with Crippen molar-refractivity contribution in [1.82, 2.24) is 4.90 Å². The zero-order chi connectivity index (χ0) is 14.6. The Labute approximate surface area is 112 Å². The quantitative estimate of drug-likeness (QED) is 0.821. The molecule has 0 saturated heterocycles. The molecular formula is C14H20F2N2O. The molecule has 1 aromatic carbocycles. The monoisotopic (exact) mass is 270 g/mol. The van der Waals surface area contributed by atoms with Crippen molar-refractivity contribution < 1.29 is 13.6 Å². The highest BCUT2D eigenvalue weighted by atomic mass is 19.3. The lowest BCUT2D eigenvalue weighted by atomic mass is 9.99. The van der Waals surface area contributed by atoms with Crippen molar-refractivity contribution in [3.8, 4) is 0 Å². The second-order valence-electron chi connectivity index (χ2n) is 4.82. The van der Waals surface area contributed by atoms with E-state index in [1.807, 2.05) is 43.3 Å². The molecule has 0 fully saturated rings. The Bertz CT molecular complexity index is 418. The first-order chi connectivity index (χ1) is 8.82. The second kappa shape index (κ2) is 6.50. The lowest BCUT2D eigenvalue weighted by molar-refractivity contribution is -0.132. The minimum absolute atomic E-state index is 0.294. The smallest absolute Gasteiger partial charge is 0.255 e. The van der Waals surface area contributed by atoms with E-state index in [0.717, 1.165) is 16.2 Å². The number of hydrogen-bond donors (Lipinski definition) is 0. The van der Waals surface area contributed by atoms with Crippen molar-refractivity contribution in [3.63, 3.8) is 0 Å². The Morgan fingerprint density at radius 1 is 1.16 bits per heavy atom. The Morgan fingerprint density at radius 2 is 1.68 bits per heavy atom. The number of nitrogens with zero attached hydrogens (tertiary/aromatic N) is 2. The number of rotatable bonds is 5. The summed E-state index contributed by atoms with van der Waals surface area (Å²) in [6.07, 6.45) is -2.50. The molecule has 1 aromatic rings. The average Bonchev–Trinajstić information content (AvgIpc) is 2.36. The summed E-state index contributed by atoms with van der Waals surface area (Å²) < 4.78 is 24.5. The molecule has 0 aromatic heterocycles. The van der Waals surface area contributed by atoms with Crippen molar-refractivity contribution >= 4 is 11.6 Å². The molecule has 19 heavy (non-hydrogen) atoms. The first kappa shape index (κ1) is 15.4. The van der Waals surface area contributed by atoms with Gasteiger partial charge in [0.1, 0.15) is 0 Å².